The lowest BCUT2D eigenvalue weighted by molar-refractivity contribution is -0.161. The second-order valence-corrected chi connectivity index (χ2v) is 16.1. The van der Waals surface area contributed by atoms with Gasteiger partial charge < -0.3 is 39.9 Å². The lowest BCUT2D eigenvalue weighted by Gasteiger charge is -2.20. The molecular weight excluding hydrogens is 755 g/mol. The second-order valence-electron chi connectivity index (χ2n) is 14.7. The summed E-state index contributed by atoms with van der Waals surface area (Å²) in [5.74, 6) is -0.482. The van der Waals surface area contributed by atoms with Gasteiger partial charge in [-0.15, -0.1) is 0 Å². The number of aliphatic hydroxyl groups is 5. The van der Waals surface area contributed by atoms with E-state index < -0.39 is 76.7 Å². The molecule has 13 nitrogen and oxygen atoms in total. The molecule has 14 heteroatoms. The van der Waals surface area contributed by atoms with Crippen LogP contribution in [0.15, 0.2) is 60.8 Å². The van der Waals surface area contributed by atoms with Crippen molar-refractivity contribution in [1.82, 2.24) is 0 Å². The zero-order valence-electron chi connectivity index (χ0n) is 34.8. The smallest absolute Gasteiger partial charge is 0.462 e. The molecule has 0 aromatic rings. The Morgan fingerprint density at radius 3 is 1.79 bits per heavy atom. The first-order valence-electron chi connectivity index (χ1n) is 20.9. The number of unbranched alkanes of at least 4 members (excludes halogenated alkanes) is 10. The number of rotatable bonds is 37. The second kappa shape index (κ2) is 36.6. The molecule has 0 heterocycles. The van der Waals surface area contributed by atoms with Crippen LogP contribution in [0.3, 0.4) is 0 Å². The summed E-state index contributed by atoms with van der Waals surface area (Å²) in [6, 6.07) is 0. The van der Waals surface area contributed by atoms with Crippen molar-refractivity contribution in [2.24, 2.45) is 5.92 Å². The number of hydrogen-bond acceptors (Lipinski definition) is 12. The van der Waals surface area contributed by atoms with Crippen molar-refractivity contribution in [3.8, 4) is 0 Å². The van der Waals surface area contributed by atoms with Gasteiger partial charge in [0.2, 0.25) is 0 Å². The number of phosphoric acid groups is 1. The Bertz CT molecular complexity index is 1200. The van der Waals surface area contributed by atoms with Gasteiger partial charge in [-0.2, -0.15) is 0 Å². The van der Waals surface area contributed by atoms with Gasteiger partial charge in [0, 0.05) is 12.8 Å². The molecule has 0 bridgehead atoms. The van der Waals surface area contributed by atoms with Gasteiger partial charge in [0.15, 0.2) is 6.10 Å². The van der Waals surface area contributed by atoms with Crippen molar-refractivity contribution in [1.29, 1.82) is 0 Å². The third-order valence-electron chi connectivity index (χ3n) is 8.71. The maximum Gasteiger partial charge on any atom is 0.472 e. The number of phosphoric ester groups is 1. The lowest BCUT2D eigenvalue weighted by atomic mass is 10.0. The maximum absolute atomic E-state index is 12.6. The minimum atomic E-state index is -4.72. The molecule has 0 aliphatic heterocycles. The molecule has 6 N–H and O–H groups in total. The zero-order valence-corrected chi connectivity index (χ0v) is 35.7. The van der Waals surface area contributed by atoms with Crippen LogP contribution in [0.1, 0.15) is 136 Å². The summed E-state index contributed by atoms with van der Waals surface area (Å²) in [5, 5.41) is 48.7. The van der Waals surface area contributed by atoms with E-state index in [1.54, 1.807) is 42.5 Å². The highest BCUT2D eigenvalue weighted by Gasteiger charge is 2.27. The van der Waals surface area contributed by atoms with Crippen LogP contribution in [0, 0.1) is 5.92 Å². The van der Waals surface area contributed by atoms with Crippen LogP contribution in [0.25, 0.3) is 0 Å². The van der Waals surface area contributed by atoms with Gasteiger partial charge in [-0.05, 0) is 38.0 Å². The predicted molar refractivity (Wildman–Crippen MR) is 223 cm³/mol. The van der Waals surface area contributed by atoms with E-state index in [0.29, 0.717) is 12.8 Å². The van der Waals surface area contributed by atoms with Crippen molar-refractivity contribution in [3.63, 3.8) is 0 Å². The van der Waals surface area contributed by atoms with E-state index in [2.05, 4.69) is 18.4 Å². The molecule has 0 aliphatic carbocycles. The Hall–Kier alpha value is -2.45. The molecule has 0 amide bonds. The fourth-order valence-electron chi connectivity index (χ4n) is 5.34. The molecule has 0 aliphatic rings. The standard InChI is InChI=1S/C43H75O13P/c1-4-5-19-26-37(45)27-21-16-13-14-17-22-28-40(47)41(48)29-24-31-43(50)56-39(35-55-57(51,52)54-33-38(46)32-44)34-53-42(49)30-23-18-12-10-8-6-7-9-11-15-20-25-36(2)3/h5,13-14,16-17,19,21-22,27-28,36-41,44-48H,4,6-12,15,18,20,23-26,29-35H2,1-3H3,(H,51,52)/b16-13+,17-14-,19-5-,27-21+,28-22-/t37-,38-,39+,40+,41+/m0/s1. The third-order valence-corrected chi connectivity index (χ3v) is 9.66. The van der Waals surface area contributed by atoms with Crippen LogP contribution in [0.4, 0.5) is 0 Å². The number of carbonyl (C=O) groups is 2. The van der Waals surface area contributed by atoms with E-state index in [4.69, 9.17) is 19.1 Å². The summed E-state index contributed by atoms with van der Waals surface area (Å²) in [7, 11) is -4.72. The Balaban J connectivity index is 4.68. The van der Waals surface area contributed by atoms with Gasteiger partial charge >= 0.3 is 19.8 Å². The molecule has 0 saturated heterocycles. The molecule has 0 aromatic heterocycles. The molecular formula is C43H75O13P. The molecule has 57 heavy (non-hydrogen) atoms. The number of carbonyl (C=O) groups excluding carboxylic acids is 2. The zero-order chi connectivity index (χ0) is 42.6. The number of allylic oxidation sites excluding steroid dienone is 7. The van der Waals surface area contributed by atoms with Gasteiger partial charge in [0.1, 0.15) is 12.7 Å². The van der Waals surface area contributed by atoms with Crippen molar-refractivity contribution < 1.29 is 63.1 Å². The van der Waals surface area contributed by atoms with Crippen LogP contribution in [0.5, 0.6) is 0 Å². The highest BCUT2D eigenvalue weighted by atomic mass is 31.2. The largest absolute Gasteiger partial charge is 0.472 e. The Morgan fingerprint density at radius 1 is 0.649 bits per heavy atom. The highest BCUT2D eigenvalue weighted by molar-refractivity contribution is 7.47. The maximum atomic E-state index is 12.6. The summed E-state index contributed by atoms with van der Waals surface area (Å²) in [6.45, 7) is 4.07. The molecule has 0 saturated carbocycles. The van der Waals surface area contributed by atoms with Crippen molar-refractivity contribution >= 4 is 19.8 Å². The van der Waals surface area contributed by atoms with Crippen LogP contribution < -0.4 is 0 Å². The van der Waals surface area contributed by atoms with E-state index in [0.717, 1.165) is 31.6 Å². The van der Waals surface area contributed by atoms with Gasteiger partial charge in [0.25, 0.3) is 0 Å². The number of esters is 2. The molecule has 0 aromatic carbocycles. The summed E-state index contributed by atoms with van der Waals surface area (Å²) < 4.78 is 32.4. The van der Waals surface area contributed by atoms with Crippen LogP contribution in [0.2, 0.25) is 0 Å². The van der Waals surface area contributed by atoms with E-state index >= 15 is 0 Å². The molecule has 6 atom stereocenters. The fraction of sp³-hybridized carbons (Fsp3) is 0.721. The molecule has 0 radical (unpaired) electrons. The number of aliphatic hydroxyl groups excluding tert-OH is 5. The average molecular weight is 831 g/mol. The van der Waals surface area contributed by atoms with Crippen molar-refractivity contribution in [2.75, 3.05) is 26.4 Å². The van der Waals surface area contributed by atoms with Crippen LogP contribution in [-0.4, -0.2) is 99.3 Å². The lowest BCUT2D eigenvalue weighted by Crippen LogP contribution is -2.30. The van der Waals surface area contributed by atoms with Crippen molar-refractivity contribution in [2.45, 2.75) is 167 Å². The van der Waals surface area contributed by atoms with E-state index in [1.807, 2.05) is 19.1 Å². The Morgan fingerprint density at radius 2 is 1.19 bits per heavy atom. The first kappa shape index (κ1) is 54.6. The van der Waals surface area contributed by atoms with Gasteiger partial charge in [-0.1, -0.05) is 152 Å². The Kier molecular flexibility index (Phi) is 35.0. The van der Waals surface area contributed by atoms with E-state index in [9.17, 15) is 39.5 Å². The van der Waals surface area contributed by atoms with Crippen LogP contribution >= 0.6 is 7.82 Å². The minimum Gasteiger partial charge on any atom is -0.462 e. The SMILES string of the molecule is CC/C=C\C[C@H](O)/C=C/C=C/C=C\C=C/[C@@H](O)[C@H](O)CCCC(=O)O[C@H](COC(=O)CCCCCCCCCCCCCC(C)C)COP(=O)(O)OC[C@@H](O)CO. The monoisotopic (exact) mass is 830 g/mol. The third kappa shape index (κ3) is 36.4. The molecule has 330 valence electrons. The predicted octanol–water partition coefficient (Wildman–Crippen LogP) is 7.49. The average Bonchev–Trinajstić information content (AvgIpc) is 3.17. The molecule has 0 spiro atoms. The highest BCUT2D eigenvalue weighted by Crippen LogP contribution is 2.43. The Labute approximate surface area is 342 Å². The van der Waals surface area contributed by atoms with E-state index in [1.165, 1.54) is 57.4 Å². The molecule has 0 fully saturated rings. The molecule has 0 rings (SSSR count). The van der Waals surface area contributed by atoms with Crippen LogP contribution in [-0.2, 0) is 32.7 Å². The van der Waals surface area contributed by atoms with E-state index in [-0.39, 0.29) is 25.7 Å². The van der Waals surface area contributed by atoms with Gasteiger partial charge in [0.05, 0.1) is 38.1 Å². The normalized spacial score (nSPS) is 16.2. The first-order chi connectivity index (χ1) is 27.3. The summed E-state index contributed by atoms with van der Waals surface area (Å²) in [6.07, 6.45) is 27.1. The summed E-state index contributed by atoms with van der Waals surface area (Å²) in [5.41, 5.74) is 0. The summed E-state index contributed by atoms with van der Waals surface area (Å²) >= 11 is 0. The summed E-state index contributed by atoms with van der Waals surface area (Å²) in [4.78, 5) is 35.0. The quantitative estimate of drug-likeness (QED) is 0.0118. The van der Waals surface area contributed by atoms with Crippen molar-refractivity contribution in [3.05, 3.63) is 60.8 Å². The van der Waals surface area contributed by atoms with Gasteiger partial charge in [-0.3, -0.25) is 18.6 Å². The number of hydrogen-bond donors (Lipinski definition) is 6. The fourth-order valence-corrected chi connectivity index (χ4v) is 6.13. The molecule has 1 unspecified atom stereocenters. The number of ether oxygens (including phenoxy) is 2. The van der Waals surface area contributed by atoms with Gasteiger partial charge in [-0.25, -0.2) is 4.57 Å². The topological polar surface area (TPSA) is 210 Å². The first-order valence-corrected chi connectivity index (χ1v) is 22.4. The minimum absolute atomic E-state index is 0.0619.